The lowest BCUT2D eigenvalue weighted by Crippen LogP contribution is -1.97. The summed E-state index contributed by atoms with van der Waals surface area (Å²) in [5, 5.41) is 1.05. The summed E-state index contributed by atoms with van der Waals surface area (Å²) in [4.78, 5) is 5.05. The van der Waals surface area contributed by atoms with E-state index in [0.717, 1.165) is 44.6 Å². The van der Waals surface area contributed by atoms with Crippen molar-refractivity contribution < 1.29 is 4.42 Å². The van der Waals surface area contributed by atoms with E-state index in [2.05, 4.69) is 114 Å². The molecule has 3 heteroatoms. The molecule has 7 rings (SSSR count). The number of rotatable bonds is 4. The van der Waals surface area contributed by atoms with Crippen LogP contribution in [-0.4, -0.2) is 9.55 Å². The van der Waals surface area contributed by atoms with E-state index >= 15 is 0 Å². The minimum Gasteiger partial charge on any atom is -0.464 e. The van der Waals surface area contributed by atoms with Crippen LogP contribution >= 0.6 is 0 Å². The predicted molar refractivity (Wildman–Crippen MR) is 147 cm³/mol. The lowest BCUT2D eigenvalue weighted by molar-refractivity contribution is 0.616. The minimum atomic E-state index is 0.851. The fraction of sp³-hybridized carbons (Fsp3) is 0. The molecule has 0 aliphatic heterocycles. The van der Waals surface area contributed by atoms with Gasteiger partial charge in [-0.2, -0.15) is 0 Å². The molecule has 0 aliphatic carbocycles. The highest BCUT2D eigenvalue weighted by Gasteiger charge is 2.19. The number of nitrogens with zero attached hydrogens (tertiary/aromatic N) is 2. The standard InChI is InChI=1S/C33H22N2O/c1-3-9-23(10-4-1)25-15-18-27(19-16-25)35-31-14-8-7-13-30(31)34-33(35)29-22-36-32-21-26(17-20-28(29)32)24-11-5-2-6-12-24/h1-22H. The Morgan fingerprint density at radius 1 is 0.556 bits per heavy atom. The molecule has 0 saturated carbocycles. The lowest BCUT2D eigenvalue weighted by Gasteiger charge is -2.10. The molecule has 0 saturated heterocycles. The van der Waals surface area contributed by atoms with Crippen LogP contribution in [0.5, 0.6) is 0 Å². The molecule has 36 heavy (non-hydrogen) atoms. The largest absolute Gasteiger partial charge is 0.464 e. The van der Waals surface area contributed by atoms with Crippen molar-refractivity contribution in [3.63, 3.8) is 0 Å². The third-order valence-corrected chi connectivity index (χ3v) is 6.72. The van der Waals surface area contributed by atoms with E-state index in [1.807, 2.05) is 24.5 Å². The Hall–Kier alpha value is -4.89. The molecule has 0 amide bonds. The Bertz CT molecular complexity index is 1810. The first kappa shape index (κ1) is 20.5. The van der Waals surface area contributed by atoms with Crippen molar-refractivity contribution in [2.75, 3.05) is 0 Å². The van der Waals surface area contributed by atoms with Gasteiger partial charge in [0.05, 0.1) is 16.6 Å². The van der Waals surface area contributed by atoms with Crippen LogP contribution in [0.4, 0.5) is 0 Å². The zero-order valence-electron chi connectivity index (χ0n) is 19.5. The maximum atomic E-state index is 6.08. The topological polar surface area (TPSA) is 31.0 Å². The van der Waals surface area contributed by atoms with Gasteiger partial charge in [-0.1, -0.05) is 91.0 Å². The minimum absolute atomic E-state index is 0.851. The van der Waals surface area contributed by atoms with Crippen molar-refractivity contribution >= 4 is 22.0 Å². The third kappa shape index (κ3) is 3.41. The summed E-state index contributed by atoms with van der Waals surface area (Å²) in [6.07, 6.45) is 1.83. The molecule has 0 atom stereocenters. The van der Waals surface area contributed by atoms with Gasteiger partial charge in [0.2, 0.25) is 0 Å². The Kier molecular flexibility index (Phi) is 4.78. The summed E-state index contributed by atoms with van der Waals surface area (Å²) in [5.41, 5.74) is 9.61. The first-order chi connectivity index (χ1) is 17.8. The fourth-order valence-electron chi connectivity index (χ4n) is 4.91. The van der Waals surface area contributed by atoms with Crippen LogP contribution in [0.15, 0.2) is 138 Å². The predicted octanol–water partition coefficient (Wildman–Crippen LogP) is 8.77. The van der Waals surface area contributed by atoms with E-state index in [4.69, 9.17) is 9.40 Å². The van der Waals surface area contributed by atoms with Gasteiger partial charge in [0.15, 0.2) is 0 Å². The van der Waals surface area contributed by atoms with Crippen LogP contribution in [0.1, 0.15) is 0 Å². The molecule has 0 unspecified atom stereocenters. The molecule has 0 spiro atoms. The van der Waals surface area contributed by atoms with E-state index in [1.165, 1.54) is 16.7 Å². The second-order valence-corrected chi connectivity index (χ2v) is 8.90. The Labute approximate surface area is 208 Å². The molecule has 7 aromatic rings. The summed E-state index contributed by atoms with van der Waals surface area (Å²) in [7, 11) is 0. The molecule has 0 radical (unpaired) electrons. The van der Waals surface area contributed by atoms with E-state index < -0.39 is 0 Å². The van der Waals surface area contributed by atoms with E-state index in [-0.39, 0.29) is 0 Å². The first-order valence-corrected chi connectivity index (χ1v) is 12.1. The molecular formula is C33H22N2O. The number of hydrogen-bond acceptors (Lipinski definition) is 2. The highest BCUT2D eigenvalue weighted by molar-refractivity contribution is 5.97. The molecule has 0 fully saturated rings. The van der Waals surface area contributed by atoms with Crippen LogP contribution in [-0.2, 0) is 0 Å². The number of furan rings is 1. The number of benzene rings is 5. The van der Waals surface area contributed by atoms with Crippen molar-refractivity contribution in [1.82, 2.24) is 9.55 Å². The van der Waals surface area contributed by atoms with E-state index in [1.54, 1.807) is 0 Å². The maximum Gasteiger partial charge on any atom is 0.149 e. The van der Waals surface area contributed by atoms with Gasteiger partial charge in [0.1, 0.15) is 17.7 Å². The number of fused-ring (bicyclic) bond motifs is 2. The number of hydrogen-bond donors (Lipinski definition) is 0. The molecule has 170 valence electrons. The fourth-order valence-corrected chi connectivity index (χ4v) is 4.91. The van der Waals surface area contributed by atoms with Crippen LogP contribution in [0.2, 0.25) is 0 Å². The normalized spacial score (nSPS) is 11.3. The number of imidazole rings is 1. The summed E-state index contributed by atoms with van der Waals surface area (Å²) in [6, 6.07) is 44.1. The molecule has 5 aromatic carbocycles. The molecule has 3 nitrogen and oxygen atoms in total. The average Bonchev–Trinajstić information content (AvgIpc) is 3.55. The van der Waals surface area contributed by atoms with Crippen molar-refractivity contribution in [3.05, 3.63) is 134 Å². The van der Waals surface area contributed by atoms with Crippen molar-refractivity contribution in [2.45, 2.75) is 0 Å². The highest BCUT2D eigenvalue weighted by Crippen LogP contribution is 2.36. The van der Waals surface area contributed by atoms with Crippen molar-refractivity contribution in [2.24, 2.45) is 0 Å². The van der Waals surface area contributed by atoms with Gasteiger partial charge in [-0.05, 0) is 58.7 Å². The monoisotopic (exact) mass is 462 g/mol. The number of para-hydroxylation sites is 2. The zero-order valence-corrected chi connectivity index (χ0v) is 19.5. The molecule has 0 bridgehead atoms. The SMILES string of the molecule is c1ccc(-c2ccc(-n3c(-c4coc5cc(-c6ccccc6)ccc45)nc4ccccc43)cc2)cc1. The van der Waals surface area contributed by atoms with Gasteiger partial charge in [0, 0.05) is 11.1 Å². The smallest absolute Gasteiger partial charge is 0.149 e. The quantitative estimate of drug-likeness (QED) is 0.262. The summed E-state index contributed by atoms with van der Waals surface area (Å²) >= 11 is 0. The van der Waals surface area contributed by atoms with Gasteiger partial charge in [-0.3, -0.25) is 4.57 Å². The van der Waals surface area contributed by atoms with E-state index in [0.29, 0.717) is 0 Å². The second-order valence-electron chi connectivity index (χ2n) is 8.90. The highest BCUT2D eigenvalue weighted by atomic mass is 16.3. The third-order valence-electron chi connectivity index (χ3n) is 6.72. The number of aromatic nitrogens is 2. The summed E-state index contributed by atoms with van der Waals surface area (Å²) in [5.74, 6) is 0.870. The summed E-state index contributed by atoms with van der Waals surface area (Å²) < 4.78 is 8.30. The van der Waals surface area contributed by atoms with Gasteiger partial charge in [0.25, 0.3) is 0 Å². The second kappa shape index (κ2) is 8.40. The zero-order chi connectivity index (χ0) is 23.9. The van der Waals surface area contributed by atoms with Gasteiger partial charge in [-0.15, -0.1) is 0 Å². The maximum absolute atomic E-state index is 6.08. The molecule has 0 N–H and O–H groups in total. The molecule has 0 aliphatic rings. The Morgan fingerprint density at radius 2 is 1.17 bits per heavy atom. The van der Waals surface area contributed by atoms with Crippen molar-refractivity contribution in [3.8, 4) is 39.3 Å². The van der Waals surface area contributed by atoms with Crippen LogP contribution in [0.25, 0.3) is 61.3 Å². The molecule has 2 heterocycles. The average molecular weight is 463 g/mol. The first-order valence-electron chi connectivity index (χ1n) is 12.1. The Morgan fingerprint density at radius 3 is 1.92 bits per heavy atom. The van der Waals surface area contributed by atoms with Crippen molar-refractivity contribution in [1.29, 1.82) is 0 Å². The van der Waals surface area contributed by atoms with Crippen LogP contribution in [0, 0.1) is 0 Å². The van der Waals surface area contributed by atoms with Crippen LogP contribution < -0.4 is 0 Å². The van der Waals surface area contributed by atoms with Gasteiger partial charge < -0.3 is 4.42 Å². The lowest BCUT2D eigenvalue weighted by atomic mass is 10.0. The van der Waals surface area contributed by atoms with Gasteiger partial charge >= 0.3 is 0 Å². The Balaban J connectivity index is 1.38. The molecule has 2 aromatic heterocycles. The van der Waals surface area contributed by atoms with Crippen LogP contribution in [0.3, 0.4) is 0 Å². The van der Waals surface area contributed by atoms with Gasteiger partial charge in [-0.25, -0.2) is 4.98 Å². The van der Waals surface area contributed by atoms with E-state index in [9.17, 15) is 0 Å². The molecular weight excluding hydrogens is 440 g/mol. The summed E-state index contributed by atoms with van der Waals surface area (Å²) in [6.45, 7) is 0.